The van der Waals surface area contributed by atoms with Gasteiger partial charge in [0.05, 0.1) is 5.56 Å². The second-order valence-electron chi connectivity index (χ2n) is 5.73. The molecule has 5 nitrogen and oxygen atoms in total. The molecule has 0 saturated carbocycles. The molecule has 1 fully saturated rings. The summed E-state index contributed by atoms with van der Waals surface area (Å²) < 4.78 is 0. The highest BCUT2D eigenvalue weighted by molar-refractivity contribution is 6.05. The molecule has 120 valence electrons. The minimum atomic E-state index is -0.451. The summed E-state index contributed by atoms with van der Waals surface area (Å²) >= 11 is 0. The van der Waals surface area contributed by atoms with Crippen molar-refractivity contribution in [3.63, 3.8) is 0 Å². The lowest BCUT2D eigenvalue weighted by Crippen LogP contribution is -2.45. The molecule has 2 aromatic carbocycles. The molecule has 0 spiro atoms. The lowest BCUT2D eigenvalue weighted by Gasteiger charge is -2.24. The number of carbonyl (C=O) groups is 2. The molecule has 1 heterocycles. The Morgan fingerprint density at radius 3 is 2.83 bits per heavy atom. The van der Waals surface area contributed by atoms with Crippen LogP contribution in [0.3, 0.4) is 0 Å². The fourth-order valence-electron chi connectivity index (χ4n) is 3.16. The first-order valence-corrected chi connectivity index (χ1v) is 7.93. The predicted octanol–water partition coefficient (Wildman–Crippen LogP) is 2.29. The zero-order valence-electron chi connectivity index (χ0n) is 13.1. The third-order valence-corrected chi connectivity index (χ3v) is 4.30. The number of amides is 2. The molecule has 2 aromatic rings. The summed E-state index contributed by atoms with van der Waals surface area (Å²) in [7, 11) is 0. The molecule has 5 heteroatoms. The van der Waals surface area contributed by atoms with Crippen LogP contribution in [0.5, 0.6) is 5.75 Å². The number of carbonyl (C=O) groups excluding carboxylic acids is 2. The maximum absolute atomic E-state index is 12.8. The molecule has 1 aliphatic rings. The molecule has 23 heavy (non-hydrogen) atoms. The van der Waals surface area contributed by atoms with E-state index in [1.165, 1.54) is 0 Å². The van der Waals surface area contributed by atoms with Gasteiger partial charge in [-0.25, -0.2) is 0 Å². The van der Waals surface area contributed by atoms with Crippen LogP contribution in [0.15, 0.2) is 36.4 Å². The highest BCUT2D eigenvalue weighted by atomic mass is 16.3. The zero-order chi connectivity index (χ0) is 16.4. The van der Waals surface area contributed by atoms with Gasteiger partial charge < -0.3 is 15.3 Å². The van der Waals surface area contributed by atoms with Crippen molar-refractivity contribution in [2.75, 3.05) is 13.1 Å². The Bertz CT molecular complexity index is 757. The first-order valence-electron chi connectivity index (χ1n) is 7.93. The number of fused-ring (bicyclic) bond motifs is 1. The van der Waals surface area contributed by atoms with Crippen molar-refractivity contribution in [2.24, 2.45) is 0 Å². The molecule has 0 aliphatic carbocycles. The lowest BCUT2D eigenvalue weighted by atomic mass is 10.0. The largest absolute Gasteiger partial charge is 0.506 e. The molecule has 2 N–H and O–H groups in total. The van der Waals surface area contributed by atoms with E-state index in [1.54, 1.807) is 17.0 Å². The van der Waals surface area contributed by atoms with Gasteiger partial charge in [-0.3, -0.25) is 9.59 Å². The summed E-state index contributed by atoms with van der Waals surface area (Å²) in [6.07, 6.45) is 1.45. The van der Waals surface area contributed by atoms with Gasteiger partial charge in [0, 0.05) is 18.5 Å². The van der Waals surface area contributed by atoms with E-state index in [0.29, 0.717) is 24.9 Å². The van der Waals surface area contributed by atoms with Crippen LogP contribution in [0.2, 0.25) is 0 Å². The van der Waals surface area contributed by atoms with Crippen molar-refractivity contribution >= 4 is 22.6 Å². The number of aromatic hydroxyl groups is 1. The molecule has 0 unspecified atom stereocenters. The fourth-order valence-corrected chi connectivity index (χ4v) is 3.16. The number of phenols is 1. The maximum atomic E-state index is 12.8. The summed E-state index contributed by atoms with van der Waals surface area (Å²) in [6, 6.07) is 10.4. The monoisotopic (exact) mass is 312 g/mol. The normalized spacial score (nSPS) is 17.4. The first kappa shape index (κ1) is 15.3. The van der Waals surface area contributed by atoms with E-state index in [9.17, 15) is 14.7 Å². The third kappa shape index (κ3) is 2.74. The number of benzene rings is 2. The summed E-state index contributed by atoms with van der Waals surface area (Å²) in [6.45, 7) is 2.93. The summed E-state index contributed by atoms with van der Waals surface area (Å²) in [4.78, 5) is 26.5. The van der Waals surface area contributed by atoms with E-state index in [4.69, 9.17) is 0 Å². The Hall–Kier alpha value is -2.56. The van der Waals surface area contributed by atoms with E-state index in [0.717, 1.165) is 11.8 Å². The number of nitrogens with one attached hydrogen (secondary N) is 1. The van der Waals surface area contributed by atoms with Crippen LogP contribution in [0, 0.1) is 0 Å². The van der Waals surface area contributed by atoms with Crippen molar-refractivity contribution < 1.29 is 14.7 Å². The lowest BCUT2D eigenvalue weighted by molar-refractivity contribution is -0.124. The molecule has 1 aliphatic heterocycles. The third-order valence-electron chi connectivity index (χ3n) is 4.30. The number of nitrogens with zero attached hydrogens (tertiary/aromatic N) is 1. The van der Waals surface area contributed by atoms with Crippen LogP contribution >= 0.6 is 0 Å². The summed E-state index contributed by atoms with van der Waals surface area (Å²) in [5.41, 5.74) is 0.250. The average molecular weight is 312 g/mol. The highest BCUT2D eigenvalue weighted by Gasteiger charge is 2.35. The Morgan fingerprint density at radius 1 is 1.26 bits per heavy atom. The van der Waals surface area contributed by atoms with Gasteiger partial charge in [0.25, 0.3) is 5.91 Å². The van der Waals surface area contributed by atoms with Crippen molar-refractivity contribution in [3.8, 4) is 5.75 Å². The van der Waals surface area contributed by atoms with Crippen LogP contribution in [0.1, 0.15) is 30.1 Å². The van der Waals surface area contributed by atoms with Crippen molar-refractivity contribution in [3.05, 3.63) is 42.0 Å². The Balaban J connectivity index is 1.93. The minimum Gasteiger partial charge on any atom is -0.506 e. The maximum Gasteiger partial charge on any atom is 0.258 e. The number of likely N-dealkylation sites (N-methyl/N-ethyl adjacent to an activating group) is 1. The van der Waals surface area contributed by atoms with E-state index < -0.39 is 6.04 Å². The number of hydrogen-bond donors (Lipinski definition) is 2. The van der Waals surface area contributed by atoms with Gasteiger partial charge in [-0.15, -0.1) is 0 Å². The second-order valence-corrected chi connectivity index (χ2v) is 5.73. The predicted molar refractivity (Wildman–Crippen MR) is 88.4 cm³/mol. The number of rotatable bonds is 3. The second kappa shape index (κ2) is 6.28. The number of phenolic OH excluding ortho intramolecular Hbond substituents is 1. The van der Waals surface area contributed by atoms with Gasteiger partial charge in [0.15, 0.2) is 0 Å². The van der Waals surface area contributed by atoms with Crippen molar-refractivity contribution in [2.45, 2.75) is 25.8 Å². The van der Waals surface area contributed by atoms with E-state index in [1.807, 2.05) is 31.2 Å². The van der Waals surface area contributed by atoms with Crippen LogP contribution in [-0.4, -0.2) is 41.0 Å². The summed E-state index contributed by atoms with van der Waals surface area (Å²) in [5.74, 6) is -0.435. The van der Waals surface area contributed by atoms with Crippen LogP contribution < -0.4 is 5.32 Å². The Morgan fingerprint density at radius 2 is 2.04 bits per heavy atom. The van der Waals surface area contributed by atoms with Crippen LogP contribution in [0.4, 0.5) is 0 Å². The van der Waals surface area contributed by atoms with Gasteiger partial charge in [-0.1, -0.05) is 30.3 Å². The van der Waals surface area contributed by atoms with Gasteiger partial charge in [0.2, 0.25) is 5.91 Å². The van der Waals surface area contributed by atoms with Gasteiger partial charge in [-0.2, -0.15) is 0 Å². The molecular weight excluding hydrogens is 292 g/mol. The topological polar surface area (TPSA) is 69.6 Å². The fraction of sp³-hybridized carbons (Fsp3) is 0.333. The van der Waals surface area contributed by atoms with E-state index >= 15 is 0 Å². The van der Waals surface area contributed by atoms with Gasteiger partial charge in [-0.05, 0) is 31.2 Å². The zero-order valence-corrected chi connectivity index (χ0v) is 13.1. The standard InChI is InChI=1S/C18H20N2O3/c1-2-19-17(22)15-8-5-11-20(15)18(23)14-10-9-12-6-3-4-7-13(12)16(14)21/h3-4,6-7,9-10,15,21H,2,5,8,11H2,1H3,(H,19,22)/t15-/m1/s1. The molecule has 1 saturated heterocycles. The quantitative estimate of drug-likeness (QED) is 0.913. The van der Waals surface area contributed by atoms with Gasteiger partial charge >= 0.3 is 0 Å². The molecule has 0 bridgehead atoms. The minimum absolute atomic E-state index is 0.0188. The molecule has 0 radical (unpaired) electrons. The first-order chi connectivity index (χ1) is 11.1. The molecule has 0 aromatic heterocycles. The smallest absolute Gasteiger partial charge is 0.258 e. The molecule has 1 atom stereocenters. The number of hydrogen-bond acceptors (Lipinski definition) is 3. The summed E-state index contributed by atoms with van der Waals surface area (Å²) in [5, 5.41) is 14.8. The van der Waals surface area contributed by atoms with E-state index in [-0.39, 0.29) is 23.1 Å². The molecule has 3 rings (SSSR count). The van der Waals surface area contributed by atoms with E-state index in [2.05, 4.69) is 5.32 Å². The molecule has 2 amide bonds. The average Bonchev–Trinajstić information content (AvgIpc) is 3.05. The SMILES string of the molecule is CCNC(=O)[C@H]1CCCN1C(=O)c1ccc2ccccc2c1O. The Kier molecular flexibility index (Phi) is 4.19. The Labute approximate surface area is 134 Å². The highest BCUT2D eigenvalue weighted by Crippen LogP contribution is 2.31. The molecular formula is C18H20N2O3. The van der Waals surface area contributed by atoms with Crippen LogP contribution in [0.25, 0.3) is 10.8 Å². The number of likely N-dealkylation sites (tertiary alicyclic amines) is 1. The van der Waals surface area contributed by atoms with Crippen LogP contribution in [-0.2, 0) is 4.79 Å². The van der Waals surface area contributed by atoms with Gasteiger partial charge in [0.1, 0.15) is 11.8 Å². The van der Waals surface area contributed by atoms with Crippen molar-refractivity contribution in [1.82, 2.24) is 10.2 Å². The van der Waals surface area contributed by atoms with Crippen molar-refractivity contribution in [1.29, 1.82) is 0 Å².